The van der Waals surface area contributed by atoms with Crippen molar-refractivity contribution in [3.8, 4) is 11.5 Å². The van der Waals surface area contributed by atoms with Crippen LogP contribution in [-0.2, 0) is 64.8 Å². The van der Waals surface area contributed by atoms with Gasteiger partial charge < -0.3 is 42.8 Å². The van der Waals surface area contributed by atoms with E-state index in [-0.39, 0.29) is 41.8 Å². The third-order valence-electron chi connectivity index (χ3n) is 21.7. The fourth-order valence-corrected chi connectivity index (χ4v) is 18.1. The van der Waals surface area contributed by atoms with Crippen LogP contribution in [0.3, 0.4) is 0 Å². The summed E-state index contributed by atoms with van der Waals surface area (Å²) in [5, 5.41) is 0. The third kappa shape index (κ3) is 14.4. The summed E-state index contributed by atoms with van der Waals surface area (Å²) < 4.78 is 164. The summed E-state index contributed by atoms with van der Waals surface area (Å²) in [6.07, 6.45) is -4.76. The molecule has 11 heterocycles. The van der Waals surface area contributed by atoms with Gasteiger partial charge in [0.15, 0.2) is 11.5 Å². The summed E-state index contributed by atoms with van der Waals surface area (Å²) in [6.45, 7) is 12.4. The van der Waals surface area contributed by atoms with E-state index in [0.29, 0.717) is 159 Å². The van der Waals surface area contributed by atoms with Gasteiger partial charge in [-0.3, -0.25) is 29.1 Å². The number of anilines is 1. The van der Waals surface area contributed by atoms with Gasteiger partial charge in [-0.05, 0) is 200 Å². The molecule has 0 unspecified atom stereocenters. The number of aryl methyl sites for hydroxylation is 1. The maximum absolute atomic E-state index is 13.6. The van der Waals surface area contributed by atoms with Crippen LogP contribution in [0.15, 0.2) is 94.4 Å². The molecule has 3 spiro atoms. The number of ether oxygens (including phenoxy) is 2. The Kier molecular flexibility index (Phi) is 21.4. The second-order valence-corrected chi connectivity index (χ2v) is 30.8. The lowest BCUT2D eigenvalue weighted by Crippen LogP contribution is -2.57. The lowest BCUT2D eigenvalue weighted by Gasteiger charge is -2.51. The number of hydrogen-bond acceptors (Lipinski definition) is 12. The average Bonchev–Trinajstić information content (AvgIpc) is 1.64. The van der Waals surface area contributed by atoms with Gasteiger partial charge in [-0.1, -0.05) is 0 Å². The average molecular weight is 1500 g/mol. The Morgan fingerprint density at radius 3 is 1.47 bits per heavy atom. The first kappa shape index (κ1) is 75.1. The number of carbonyl (C=O) groups is 3. The number of carbonyl (C=O) groups excluding carboxylic acids is 3. The van der Waals surface area contributed by atoms with Crippen LogP contribution >= 0.6 is 15.9 Å². The number of nitrogens with zero attached hydrogens (tertiary/aromatic N) is 12. The number of likely N-dealkylation sites (tertiary alicyclic amines) is 3. The lowest BCUT2D eigenvalue weighted by molar-refractivity contribution is -0.145. The number of alkyl halides is 9. The summed E-state index contributed by atoms with van der Waals surface area (Å²) in [5.41, 5.74) is 0.560. The van der Waals surface area contributed by atoms with Gasteiger partial charge in [0.2, 0.25) is 10.0 Å². The van der Waals surface area contributed by atoms with Gasteiger partial charge >= 0.3 is 18.5 Å². The van der Waals surface area contributed by atoms with Crippen molar-refractivity contribution in [2.24, 2.45) is 0 Å². The number of halogens is 10. The van der Waals surface area contributed by atoms with Crippen molar-refractivity contribution in [3.05, 3.63) is 146 Å². The molecule has 0 atom stereocenters. The van der Waals surface area contributed by atoms with Crippen LogP contribution in [-0.4, -0.2) is 199 Å². The molecule has 13 rings (SSSR count). The number of rotatable bonds is 9. The Morgan fingerprint density at radius 1 is 0.545 bits per heavy atom. The van der Waals surface area contributed by atoms with Crippen LogP contribution in [0.2, 0.25) is 0 Å². The minimum atomic E-state index is -4.42. The number of piperidine rings is 4. The van der Waals surface area contributed by atoms with Crippen molar-refractivity contribution >= 4 is 49.5 Å². The maximum atomic E-state index is 13.6. The minimum Gasteiger partial charge on any atom is -0.493 e. The number of hydrogen-bond donors (Lipinski definition) is 0. The molecule has 19 nitrogen and oxygen atoms in total. The molecule has 0 N–H and O–H groups in total. The van der Waals surface area contributed by atoms with E-state index in [0.717, 1.165) is 42.1 Å². The van der Waals surface area contributed by atoms with Crippen molar-refractivity contribution in [3.63, 3.8) is 0 Å². The third-order valence-corrected chi connectivity index (χ3v) is 24.3. The highest BCUT2D eigenvalue weighted by Crippen LogP contribution is 2.50. The molecule has 0 aliphatic carbocycles. The number of aromatic nitrogens is 4. The molecule has 4 saturated heterocycles. The molecule has 30 heteroatoms. The van der Waals surface area contributed by atoms with E-state index in [1.807, 2.05) is 46.0 Å². The van der Waals surface area contributed by atoms with Crippen LogP contribution in [0.5, 0.6) is 11.5 Å². The summed E-state index contributed by atoms with van der Waals surface area (Å²) in [4.78, 5) is 58.5. The van der Waals surface area contributed by atoms with Crippen LogP contribution in [0.4, 0.5) is 45.3 Å². The van der Waals surface area contributed by atoms with Crippen molar-refractivity contribution in [1.29, 1.82) is 0 Å². The molecular weight excluding hydrogens is 1420 g/mol. The van der Waals surface area contributed by atoms with E-state index in [9.17, 15) is 62.3 Å². The Morgan fingerprint density at radius 2 is 1.00 bits per heavy atom. The van der Waals surface area contributed by atoms with E-state index >= 15 is 0 Å². The van der Waals surface area contributed by atoms with E-state index in [1.165, 1.54) is 65.6 Å². The number of pyridine rings is 1. The number of methoxy groups -OCH3 is 1. The van der Waals surface area contributed by atoms with Crippen molar-refractivity contribution in [2.45, 2.75) is 144 Å². The van der Waals surface area contributed by atoms with E-state index in [2.05, 4.69) is 40.5 Å². The van der Waals surface area contributed by atoms with Crippen LogP contribution in [0.25, 0.3) is 0 Å². The molecule has 3 amide bonds. The lowest BCUT2D eigenvalue weighted by atomic mass is 9.81. The van der Waals surface area contributed by atoms with Crippen molar-refractivity contribution in [2.75, 3.05) is 119 Å². The molecule has 0 saturated carbocycles. The highest BCUT2D eigenvalue weighted by Gasteiger charge is 2.52. The van der Waals surface area contributed by atoms with Gasteiger partial charge in [-0.2, -0.15) is 39.5 Å². The standard InChI is InChI=1S/C24H29BrF3N3O3.C24H30F3N5O.C23H29F3N4O3S/c1-15(2)34-18-6-5-16(13-19(18)33-4)22(32)30-9-7-23(8-10-30)21-17(25)14-20(24(26,27)28)31(21)12-11-29(23)3;1-29-16-17-32-19(7-8-20(32)24(25,26)27)23(29)9-14-31(15-10-23)22(33)18-6-5-11-28-21(18)30-12-3-2-4-13-30;1-16-15-17(5-6-18(16)34(32,33)27(2)3)21(31)29-11-9-22(10-12-29)19-7-8-20(23(24,25)26)30(19)14-13-28(22)4/h5-6,13-15H,7-12H2,1-4H3;5-8,11H,2-4,9-10,12-17H2,1H3;5-8,15H,9-14H2,1-4H3. The van der Waals surface area contributed by atoms with Gasteiger partial charge in [-0.15, -0.1) is 0 Å². The first-order valence-corrected chi connectivity index (χ1v) is 36.4. The Bertz CT molecular complexity index is 4140. The number of fused-ring (bicyclic) bond motifs is 6. The first-order chi connectivity index (χ1) is 47.6. The molecule has 7 aliphatic rings. The predicted molar refractivity (Wildman–Crippen MR) is 365 cm³/mol. The zero-order chi connectivity index (χ0) is 73.1. The highest BCUT2D eigenvalue weighted by molar-refractivity contribution is 9.10. The van der Waals surface area contributed by atoms with Crippen LogP contribution in [0, 0.1) is 6.92 Å². The zero-order valence-corrected chi connectivity index (χ0v) is 60.7. The summed E-state index contributed by atoms with van der Waals surface area (Å²) in [6, 6.07) is 20.1. The van der Waals surface area contributed by atoms with Gasteiger partial charge in [0.1, 0.15) is 22.9 Å². The smallest absolute Gasteiger partial charge is 0.431 e. The largest absolute Gasteiger partial charge is 0.493 e. The molecule has 2 aromatic carbocycles. The molecular formula is C71H88BrF9N12O7S. The summed E-state index contributed by atoms with van der Waals surface area (Å²) in [7, 11) is 6.68. The number of amides is 3. The number of sulfonamides is 1. The van der Waals surface area contributed by atoms with Gasteiger partial charge in [0.05, 0.1) is 46.0 Å². The normalized spacial score (nSPS) is 19.5. The Labute approximate surface area is 591 Å². The number of benzene rings is 2. The highest BCUT2D eigenvalue weighted by atomic mass is 79.9. The molecule has 7 aliphatic heterocycles. The van der Waals surface area contributed by atoms with Crippen molar-refractivity contribution < 1.29 is 71.8 Å². The summed E-state index contributed by atoms with van der Waals surface area (Å²) in [5.74, 6) is 1.43. The first-order valence-electron chi connectivity index (χ1n) is 34.2. The molecule has 550 valence electrons. The predicted octanol–water partition coefficient (Wildman–Crippen LogP) is 12.3. The monoisotopic (exact) mass is 1500 g/mol. The van der Waals surface area contributed by atoms with Crippen LogP contribution in [0.1, 0.15) is 142 Å². The Hall–Kier alpha value is -7.12. The van der Waals surface area contributed by atoms with Crippen LogP contribution < -0.4 is 14.4 Å². The van der Waals surface area contributed by atoms with Crippen molar-refractivity contribution in [1.82, 2.24) is 52.4 Å². The molecule has 0 radical (unpaired) electrons. The molecule has 4 aromatic heterocycles. The fourth-order valence-electron chi connectivity index (χ4n) is 16.2. The summed E-state index contributed by atoms with van der Waals surface area (Å²) >= 11 is 3.40. The number of likely N-dealkylation sites (N-methyl/N-ethyl adjacent to an activating group) is 3. The van der Waals surface area contributed by atoms with Gasteiger partial charge in [-0.25, -0.2) is 17.7 Å². The van der Waals surface area contributed by atoms with E-state index < -0.39 is 62.3 Å². The maximum Gasteiger partial charge on any atom is 0.431 e. The topological polar surface area (TPSA) is 157 Å². The Balaban J connectivity index is 0.000000152. The second kappa shape index (κ2) is 28.8. The molecule has 4 fully saturated rings. The quantitative estimate of drug-likeness (QED) is 0.126. The molecule has 101 heavy (non-hydrogen) atoms. The van der Waals surface area contributed by atoms with Gasteiger partial charge in [0.25, 0.3) is 17.7 Å². The molecule has 6 aromatic rings. The SMILES string of the molecule is CN1CCn2c(C(F)(F)F)ccc2C12CCN(C(=O)c1cccnc1N1CCCCC1)CC2.COc1cc(C(=O)N2CCC3(CC2)c2c(Br)cc(C(F)(F)F)n2CCN3C)ccc1OC(C)C.Cc1cc(C(=O)N2CCC3(CC2)c2ccc(C(F)(F)F)n2CCN3C)ccc1S(=O)(=O)N(C)C. The minimum absolute atomic E-state index is 0.0302. The van der Waals surface area contributed by atoms with Gasteiger partial charge in [0, 0.05) is 139 Å². The fraction of sp³-hybridized carbons (Fsp3) is 0.549. The van der Waals surface area contributed by atoms with E-state index in [1.54, 1.807) is 65.4 Å². The molecule has 0 bridgehead atoms. The zero-order valence-electron chi connectivity index (χ0n) is 58.3. The second-order valence-electron chi connectivity index (χ2n) is 27.8. The van der Waals surface area contributed by atoms with E-state index in [4.69, 9.17) is 9.47 Å².